The highest BCUT2D eigenvalue weighted by Crippen LogP contribution is 2.43. The fourth-order valence-corrected chi connectivity index (χ4v) is 6.88. The number of hydrogen-bond donors (Lipinski definition) is 1. The van der Waals surface area contributed by atoms with Crippen molar-refractivity contribution in [3.05, 3.63) is 127 Å². The molecular weight excluding hydrogens is 468 g/mol. The minimum absolute atomic E-state index is 1.14. The summed E-state index contributed by atoms with van der Waals surface area (Å²) in [4.78, 5) is 6.01. The molecule has 0 aliphatic heterocycles. The van der Waals surface area contributed by atoms with Crippen LogP contribution >= 0.6 is 11.3 Å². The van der Waals surface area contributed by atoms with Gasteiger partial charge in [0.15, 0.2) is 0 Å². The van der Waals surface area contributed by atoms with Crippen LogP contribution in [0.15, 0.2) is 127 Å². The second-order valence-corrected chi connectivity index (χ2v) is 10.6. The molecule has 6 aromatic carbocycles. The van der Waals surface area contributed by atoms with E-state index in [2.05, 4.69) is 137 Å². The van der Waals surface area contributed by atoms with Crippen LogP contribution in [0.25, 0.3) is 52.8 Å². The topological polar surface area (TPSA) is 19.0 Å². The van der Waals surface area contributed by atoms with Crippen LogP contribution in [0.4, 0.5) is 17.1 Å². The maximum Gasteiger partial charge on any atom is 0.0471 e. The summed E-state index contributed by atoms with van der Waals surface area (Å²) >= 11 is 1.87. The second kappa shape index (κ2) is 7.95. The first-order valence-corrected chi connectivity index (χ1v) is 13.4. The molecule has 0 saturated carbocycles. The van der Waals surface area contributed by atoms with E-state index in [0.29, 0.717) is 0 Å². The van der Waals surface area contributed by atoms with Gasteiger partial charge in [-0.25, -0.2) is 0 Å². The Morgan fingerprint density at radius 3 is 1.86 bits per heavy atom. The summed E-state index contributed by atoms with van der Waals surface area (Å²) in [6.45, 7) is 0. The van der Waals surface area contributed by atoms with Crippen molar-refractivity contribution in [1.82, 2.24) is 4.98 Å². The SMILES string of the molecule is c1ccc(N(c2ccccc2)c2ccc3[nH]c4ccc5c(ccc6sc7ccccc7c65)c4c3c2)cc1. The van der Waals surface area contributed by atoms with E-state index >= 15 is 0 Å². The number of aromatic amines is 1. The molecule has 0 amide bonds. The highest BCUT2D eigenvalue weighted by molar-refractivity contribution is 7.26. The van der Waals surface area contributed by atoms with E-state index in [1.807, 2.05) is 11.3 Å². The van der Waals surface area contributed by atoms with Crippen molar-refractivity contribution in [3.8, 4) is 0 Å². The van der Waals surface area contributed by atoms with E-state index in [0.717, 1.165) is 22.6 Å². The van der Waals surface area contributed by atoms with E-state index in [9.17, 15) is 0 Å². The molecule has 2 aromatic heterocycles. The Morgan fingerprint density at radius 2 is 1.08 bits per heavy atom. The number of nitrogens with one attached hydrogen (secondary N) is 1. The Balaban J connectivity index is 1.43. The van der Waals surface area contributed by atoms with Crippen LogP contribution in [-0.4, -0.2) is 4.98 Å². The second-order valence-electron chi connectivity index (χ2n) is 9.48. The molecule has 0 unspecified atom stereocenters. The maximum absolute atomic E-state index is 3.68. The average Bonchev–Trinajstić information content (AvgIpc) is 3.52. The number of fused-ring (bicyclic) bond motifs is 9. The summed E-state index contributed by atoms with van der Waals surface area (Å²) in [5.41, 5.74) is 5.75. The Hall–Kier alpha value is -4.60. The minimum Gasteiger partial charge on any atom is -0.354 e. The number of aromatic nitrogens is 1. The van der Waals surface area contributed by atoms with Gasteiger partial charge in [-0.15, -0.1) is 11.3 Å². The number of hydrogen-bond acceptors (Lipinski definition) is 2. The Kier molecular flexibility index (Phi) is 4.42. The van der Waals surface area contributed by atoms with Crippen molar-refractivity contribution in [2.24, 2.45) is 0 Å². The predicted molar refractivity (Wildman–Crippen MR) is 161 cm³/mol. The van der Waals surface area contributed by atoms with Crippen LogP contribution in [-0.2, 0) is 0 Å². The van der Waals surface area contributed by atoms with Crippen LogP contribution in [0, 0.1) is 0 Å². The van der Waals surface area contributed by atoms with Crippen LogP contribution in [0.2, 0.25) is 0 Å². The lowest BCUT2D eigenvalue weighted by atomic mass is 9.99. The fraction of sp³-hybridized carbons (Fsp3) is 0. The maximum atomic E-state index is 3.68. The lowest BCUT2D eigenvalue weighted by Crippen LogP contribution is -2.09. The lowest BCUT2D eigenvalue weighted by molar-refractivity contribution is 1.29. The molecule has 0 atom stereocenters. The zero-order valence-electron chi connectivity index (χ0n) is 20.0. The first kappa shape index (κ1) is 20.6. The largest absolute Gasteiger partial charge is 0.354 e. The number of rotatable bonds is 3. The van der Waals surface area contributed by atoms with Crippen molar-refractivity contribution in [2.75, 3.05) is 4.90 Å². The average molecular weight is 491 g/mol. The highest BCUT2D eigenvalue weighted by Gasteiger charge is 2.16. The van der Waals surface area contributed by atoms with Crippen molar-refractivity contribution >= 4 is 81.1 Å². The minimum atomic E-state index is 1.14. The van der Waals surface area contributed by atoms with Gasteiger partial charge in [0, 0.05) is 59.0 Å². The summed E-state index contributed by atoms with van der Waals surface area (Å²) in [7, 11) is 0. The summed E-state index contributed by atoms with van der Waals surface area (Å²) in [6, 6.07) is 45.8. The molecule has 37 heavy (non-hydrogen) atoms. The molecule has 1 N–H and O–H groups in total. The van der Waals surface area contributed by atoms with Gasteiger partial charge >= 0.3 is 0 Å². The first-order chi connectivity index (χ1) is 18.3. The van der Waals surface area contributed by atoms with Gasteiger partial charge in [-0.3, -0.25) is 0 Å². The molecule has 0 aliphatic rings. The van der Waals surface area contributed by atoms with Crippen molar-refractivity contribution in [3.63, 3.8) is 0 Å². The van der Waals surface area contributed by atoms with Crippen molar-refractivity contribution in [2.45, 2.75) is 0 Å². The molecule has 8 aromatic rings. The Bertz CT molecular complexity index is 2050. The number of nitrogens with zero attached hydrogens (tertiary/aromatic N) is 1. The smallest absolute Gasteiger partial charge is 0.0471 e. The standard InChI is InChI=1S/C34H22N2S/c1-3-9-22(10-4-1)36(23-11-5-2-6-12-23)24-15-18-29-28(21-24)33-25-17-20-32-34(26(25)16-19-30(33)35-29)27-13-7-8-14-31(27)37-32/h1-21,35H. The van der Waals surface area contributed by atoms with Gasteiger partial charge in [0.1, 0.15) is 0 Å². The van der Waals surface area contributed by atoms with Gasteiger partial charge in [0.2, 0.25) is 0 Å². The van der Waals surface area contributed by atoms with E-state index in [-0.39, 0.29) is 0 Å². The molecule has 0 bridgehead atoms. The third kappa shape index (κ3) is 3.11. The summed E-state index contributed by atoms with van der Waals surface area (Å²) < 4.78 is 2.68. The quantitative estimate of drug-likeness (QED) is 0.261. The molecule has 0 aliphatic carbocycles. The predicted octanol–water partition coefficient (Wildman–Crippen LogP) is 10.3. The van der Waals surface area contributed by atoms with Crippen LogP contribution in [0.3, 0.4) is 0 Å². The monoisotopic (exact) mass is 490 g/mol. The molecule has 8 rings (SSSR count). The van der Waals surface area contributed by atoms with E-state index in [1.54, 1.807) is 0 Å². The lowest BCUT2D eigenvalue weighted by Gasteiger charge is -2.25. The third-order valence-corrected chi connectivity index (χ3v) is 8.50. The van der Waals surface area contributed by atoms with Crippen LogP contribution < -0.4 is 4.90 Å². The molecule has 0 fully saturated rings. The zero-order valence-corrected chi connectivity index (χ0v) is 20.8. The van der Waals surface area contributed by atoms with Gasteiger partial charge in [0.25, 0.3) is 0 Å². The van der Waals surface area contributed by atoms with Crippen molar-refractivity contribution in [1.29, 1.82) is 0 Å². The van der Waals surface area contributed by atoms with Gasteiger partial charge in [-0.2, -0.15) is 0 Å². The van der Waals surface area contributed by atoms with Crippen molar-refractivity contribution < 1.29 is 0 Å². The zero-order chi connectivity index (χ0) is 24.3. The third-order valence-electron chi connectivity index (χ3n) is 7.37. The molecule has 2 heterocycles. The molecule has 2 nitrogen and oxygen atoms in total. The first-order valence-electron chi connectivity index (χ1n) is 12.5. The number of benzene rings is 6. The Morgan fingerprint density at radius 1 is 0.432 bits per heavy atom. The van der Waals surface area contributed by atoms with Crippen LogP contribution in [0.5, 0.6) is 0 Å². The molecular formula is C34H22N2S. The molecule has 0 spiro atoms. The normalized spacial score (nSPS) is 11.8. The molecule has 0 saturated heterocycles. The summed E-state index contributed by atoms with van der Waals surface area (Å²) in [5, 5.41) is 7.84. The number of H-pyrrole nitrogens is 1. The van der Waals surface area contributed by atoms with Gasteiger partial charge < -0.3 is 9.88 Å². The highest BCUT2D eigenvalue weighted by atomic mass is 32.1. The number of anilines is 3. The molecule has 3 heteroatoms. The van der Waals surface area contributed by atoms with Crippen LogP contribution in [0.1, 0.15) is 0 Å². The van der Waals surface area contributed by atoms with Gasteiger partial charge in [-0.05, 0) is 71.4 Å². The Labute approximate surface area is 218 Å². The molecule has 0 radical (unpaired) electrons. The number of thiophene rings is 1. The van der Waals surface area contributed by atoms with E-state index < -0.39 is 0 Å². The molecule has 174 valence electrons. The van der Waals surface area contributed by atoms with E-state index in [4.69, 9.17) is 0 Å². The van der Waals surface area contributed by atoms with Gasteiger partial charge in [-0.1, -0.05) is 66.7 Å². The summed E-state index contributed by atoms with van der Waals surface area (Å²) in [6.07, 6.45) is 0. The summed E-state index contributed by atoms with van der Waals surface area (Å²) in [5.74, 6) is 0. The number of para-hydroxylation sites is 2. The fourth-order valence-electron chi connectivity index (χ4n) is 5.76. The van der Waals surface area contributed by atoms with Gasteiger partial charge in [0.05, 0.1) is 0 Å². The van der Waals surface area contributed by atoms with E-state index in [1.165, 1.54) is 47.2 Å².